The van der Waals surface area contributed by atoms with Gasteiger partial charge < -0.3 is 14.8 Å². The van der Waals surface area contributed by atoms with E-state index in [2.05, 4.69) is 5.32 Å². The van der Waals surface area contributed by atoms with Crippen molar-refractivity contribution < 1.29 is 22.6 Å². The zero-order valence-electron chi connectivity index (χ0n) is 11.2. The molecule has 1 aromatic carbocycles. The second kappa shape index (κ2) is 6.65. The molecule has 0 heterocycles. The van der Waals surface area contributed by atoms with Gasteiger partial charge in [0, 0.05) is 18.0 Å². The van der Waals surface area contributed by atoms with Crippen LogP contribution in [0.3, 0.4) is 0 Å². The maximum absolute atomic E-state index is 12.3. The number of halogens is 3. The van der Waals surface area contributed by atoms with Crippen LogP contribution in [0.25, 0.3) is 0 Å². The van der Waals surface area contributed by atoms with E-state index in [-0.39, 0.29) is 6.42 Å². The predicted molar refractivity (Wildman–Crippen MR) is 66.6 cm³/mol. The molecule has 0 saturated heterocycles. The van der Waals surface area contributed by atoms with Crippen LogP contribution in [0.15, 0.2) is 18.2 Å². The number of benzene rings is 1. The third-order valence-electron chi connectivity index (χ3n) is 2.87. The van der Waals surface area contributed by atoms with Crippen molar-refractivity contribution in [2.45, 2.75) is 25.1 Å². The molecule has 0 saturated carbocycles. The Bertz CT molecular complexity index is 407. The first kappa shape index (κ1) is 15.6. The summed E-state index contributed by atoms with van der Waals surface area (Å²) in [5.41, 5.74) is 0.661. The lowest BCUT2D eigenvalue weighted by atomic mass is 10.0. The summed E-state index contributed by atoms with van der Waals surface area (Å²) < 4.78 is 47.3. The lowest BCUT2D eigenvalue weighted by Crippen LogP contribution is -2.20. The third kappa shape index (κ3) is 4.31. The smallest absolute Gasteiger partial charge is 0.389 e. The van der Waals surface area contributed by atoms with Crippen LogP contribution in [0, 0.1) is 0 Å². The highest BCUT2D eigenvalue weighted by Crippen LogP contribution is 2.37. The normalized spacial score (nSPS) is 13.2. The third-order valence-corrected chi connectivity index (χ3v) is 2.87. The van der Waals surface area contributed by atoms with E-state index in [1.165, 1.54) is 14.2 Å². The number of rotatable bonds is 6. The van der Waals surface area contributed by atoms with Gasteiger partial charge in [0.2, 0.25) is 0 Å². The Morgan fingerprint density at radius 1 is 1.21 bits per heavy atom. The minimum absolute atomic E-state index is 0.0521. The zero-order chi connectivity index (χ0) is 14.5. The molecule has 19 heavy (non-hydrogen) atoms. The fourth-order valence-corrected chi connectivity index (χ4v) is 1.95. The van der Waals surface area contributed by atoms with Gasteiger partial charge in [-0.15, -0.1) is 0 Å². The molecule has 1 atom stereocenters. The largest absolute Gasteiger partial charge is 0.493 e. The van der Waals surface area contributed by atoms with Crippen LogP contribution in [-0.4, -0.2) is 27.4 Å². The van der Waals surface area contributed by atoms with E-state index in [1.54, 1.807) is 25.2 Å². The quantitative estimate of drug-likeness (QED) is 0.865. The molecule has 108 valence electrons. The summed E-state index contributed by atoms with van der Waals surface area (Å²) in [6, 6.07) is 4.73. The van der Waals surface area contributed by atoms with Gasteiger partial charge in [0.1, 0.15) is 0 Å². The van der Waals surface area contributed by atoms with Gasteiger partial charge in [0.05, 0.1) is 14.2 Å². The standard InChI is InChI=1S/C13H18F3NO2/c1-17-10(7-8-13(14,15)16)9-5-4-6-11(18-2)12(9)19-3/h4-6,10,17H,7-8H2,1-3H3. The first-order chi connectivity index (χ1) is 8.92. The van der Waals surface area contributed by atoms with E-state index >= 15 is 0 Å². The van der Waals surface area contributed by atoms with Crippen LogP contribution in [0.1, 0.15) is 24.4 Å². The van der Waals surface area contributed by atoms with Gasteiger partial charge in [0.25, 0.3) is 0 Å². The lowest BCUT2D eigenvalue weighted by Gasteiger charge is -2.21. The van der Waals surface area contributed by atoms with Gasteiger partial charge in [-0.3, -0.25) is 0 Å². The molecule has 0 aromatic heterocycles. The number of para-hydroxylation sites is 1. The molecular weight excluding hydrogens is 259 g/mol. The fraction of sp³-hybridized carbons (Fsp3) is 0.538. The van der Waals surface area contributed by atoms with E-state index < -0.39 is 18.6 Å². The molecule has 0 aliphatic rings. The molecule has 0 fully saturated rings. The van der Waals surface area contributed by atoms with Crippen molar-refractivity contribution in [2.75, 3.05) is 21.3 Å². The van der Waals surface area contributed by atoms with Gasteiger partial charge >= 0.3 is 6.18 Å². The summed E-state index contributed by atoms with van der Waals surface area (Å²) in [6.07, 6.45) is -5.07. The summed E-state index contributed by atoms with van der Waals surface area (Å²) in [5, 5.41) is 2.88. The van der Waals surface area contributed by atoms with Crippen molar-refractivity contribution in [2.24, 2.45) is 0 Å². The molecule has 0 aliphatic carbocycles. The van der Waals surface area contributed by atoms with E-state index in [0.29, 0.717) is 17.1 Å². The molecular formula is C13H18F3NO2. The topological polar surface area (TPSA) is 30.5 Å². The Morgan fingerprint density at radius 2 is 1.89 bits per heavy atom. The Kier molecular flexibility index (Phi) is 5.47. The van der Waals surface area contributed by atoms with Crippen LogP contribution in [-0.2, 0) is 0 Å². The maximum atomic E-state index is 12.3. The van der Waals surface area contributed by atoms with Crippen molar-refractivity contribution in [1.82, 2.24) is 5.32 Å². The summed E-state index contributed by atoms with van der Waals surface area (Å²) in [4.78, 5) is 0. The van der Waals surface area contributed by atoms with Crippen LogP contribution in [0.4, 0.5) is 13.2 Å². The van der Waals surface area contributed by atoms with E-state index in [0.717, 1.165) is 0 Å². The van der Waals surface area contributed by atoms with Gasteiger partial charge in [-0.1, -0.05) is 12.1 Å². The average molecular weight is 277 g/mol. The highest BCUT2D eigenvalue weighted by molar-refractivity contribution is 5.48. The van der Waals surface area contributed by atoms with Crippen LogP contribution < -0.4 is 14.8 Å². The van der Waals surface area contributed by atoms with E-state index in [4.69, 9.17) is 9.47 Å². The highest BCUT2D eigenvalue weighted by Gasteiger charge is 2.29. The SMILES string of the molecule is CNC(CCC(F)(F)F)c1cccc(OC)c1OC. The number of hydrogen-bond donors (Lipinski definition) is 1. The van der Waals surface area contributed by atoms with E-state index in [1.807, 2.05) is 0 Å². The molecule has 0 amide bonds. The number of ether oxygens (including phenoxy) is 2. The molecule has 3 nitrogen and oxygen atoms in total. The molecule has 0 aliphatic heterocycles. The van der Waals surface area contributed by atoms with Crippen LogP contribution >= 0.6 is 0 Å². The molecule has 6 heteroatoms. The van der Waals surface area contributed by atoms with Gasteiger partial charge in [-0.2, -0.15) is 13.2 Å². The number of hydrogen-bond acceptors (Lipinski definition) is 3. The molecule has 0 radical (unpaired) electrons. The maximum Gasteiger partial charge on any atom is 0.389 e. The van der Waals surface area contributed by atoms with Gasteiger partial charge in [-0.05, 0) is 19.5 Å². The monoisotopic (exact) mass is 277 g/mol. The number of alkyl halides is 3. The first-order valence-corrected chi connectivity index (χ1v) is 5.87. The van der Waals surface area contributed by atoms with Gasteiger partial charge in [-0.25, -0.2) is 0 Å². The minimum Gasteiger partial charge on any atom is -0.493 e. The average Bonchev–Trinajstić information content (AvgIpc) is 2.37. The van der Waals surface area contributed by atoms with Crippen molar-refractivity contribution >= 4 is 0 Å². The Hall–Kier alpha value is -1.43. The minimum atomic E-state index is -4.17. The summed E-state index contributed by atoms with van der Waals surface area (Å²) in [6.45, 7) is 0. The first-order valence-electron chi connectivity index (χ1n) is 5.87. The van der Waals surface area contributed by atoms with Gasteiger partial charge in [0.15, 0.2) is 11.5 Å². The Morgan fingerprint density at radius 3 is 2.37 bits per heavy atom. The van der Waals surface area contributed by atoms with Crippen LogP contribution in [0.2, 0.25) is 0 Å². The predicted octanol–water partition coefficient (Wildman–Crippen LogP) is 3.31. The molecule has 1 rings (SSSR count). The second-order valence-electron chi connectivity index (χ2n) is 4.08. The second-order valence-corrected chi connectivity index (χ2v) is 4.08. The molecule has 0 bridgehead atoms. The fourth-order valence-electron chi connectivity index (χ4n) is 1.95. The Balaban J connectivity index is 2.98. The van der Waals surface area contributed by atoms with E-state index in [9.17, 15) is 13.2 Å². The summed E-state index contributed by atoms with van der Waals surface area (Å²) in [7, 11) is 4.59. The summed E-state index contributed by atoms with van der Waals surface area (Å²) in [5.74, 6) is 0.971. The molecule has 1 N–H and O–H groups in total. The summed E-state index contributed by atoms with van der Waals surface area (Å²) >= 11 is 0. The van der Waals surface area contributed by atoms with Crippen molar-refractivity contribution in [3.63, 3.8) is 0 Å². The number of nitrogens with one attached hydrogen (secondary N) is 1. The van der Waals surface area contributed by atoms with Crippen LogP contribution in [0.5, 0.6) is 11.5 Å². The molecule has 1 unspecified atom stereocenters. The highest BCUT2D eigenvalue weighted by atomic mass is 19.4. The Labute approximate surface area is 110 Å². The van der Waals surface area contributed by atoms with Crippen molar-refractivity contribution in [3.8, 4) is 11.5 Å². The lowest BCUT2D eigenvalue weighted by molar-refractivity contribution is -0.136. The molecule has 1 aromatic rings. The zero-order valence-corrected chi connectivity index (χ0v) is 11.2. The number of methoxy groups -OCH3 is 2. The van der Waals surface area contributed by atoms with Crippen molar-refractivity contribution in [1.29, 1.82) is 0 Å². The molecule has 0 spiro atoms. The van der Waals surface area contributed by atoms with Crippen molar-refractivity contribution in [3.05, 3.63) is 23.8 Å².